The molecule has 1 aliphatic heterocycles. The molecule has 8 nitrogen and oxygen atoms in total. The van der Waals surface area contributed by atoms with Gasteiger partial charge >= 0.3 is 6.36 Å². The molecule has 0 spiro atoms. The number of carbonyl (C=O) groups is 3. The number of anilines is 1. The standard InChI is InChI=1S/C28H34BrF3N4O4/c1-27(2,17-35(3)4)16-33-25(38)15-36-23(18-5-7-20(29)8-6-18)13-19(26(36)39)14-24(37)34-21-9-11-22(12-10-21)40-28(30,31)32/h5-12,19,23H,13-17H2,1-4H3,(H,33,38)(H,34,37)/t19-,23-/m1/s1. The number of nitrogens with one attached hydrogen (secondary N) is 2. The predicted molar refractivity (Wildman–Crippen MR) is 148 cm³/mol. The molecule has 0 unspecified atom stereocenters. The van der Waals surface area contributed by atoms with Crippen molar-refractivity contribution in [2.45, 2.75) is 39.1 Å². The number of benzene rings is 2. The molecule has 3 rings (SSSR count). The zero-order valence-corrected chi connectivity index (χ0v) is 24.4. The molecule has 0 saturated carbocycles. The fourth-order valence-electron chi connectivity index (χ4n) is 4.88. The number of likely N-dealkylation sites (tertiary alicyclic amines) is 1. The highest BCUT2D eigenvalue weighted by atomic mass is 79.9. The van der Waals surface area contributed by atoms with E-state index >= 15 is 0 Å². The van der Waals surface area contributed by atoms with E-state index in [0.29, 0.717) is 13.0 Å². The molecule has 2 N–H and O–H groups in total. The van der Waals surface area contributed by atoms with Gasteiger partial charge in [0.1, 0.15) is 12.3 Å². The maximum atomic E-state index is 13.4. The smallest absolute Gasteiger partial charge is 0.406 e. The van der Waals surface area contributed by atoms with Crippen molar-refractivity contribution >= 4 is 39.3 Å². The largest absolute Gasteiger partial charge is 0.573 e. The molecule has 2 atom stereocenters. The average molecular weight is 628 g/mol. The molecule has 40 heavy (non-hydrogen) atoms. The van der Waals surface area contributed by atoms with Crippen LogP contribution >= 0.6 is 15.9 Å². The Kier molecular flexibility index (Phi) is 10.2. The Labute approximate surface area is 240 Å². The maximum Gasteiger partial charge on any atom is 0.573 e. The Bertz CT molecular complexity index is 1190. The summed E-state index contributed by atoms with van der Waals surface area (Å²) in [5.74, 6) is -2.13. The highest BCUT2D eigenvalue weighted by molar-refractivity contribution is 9.10. The lowest BCUT2D eigenvalue weighted by Gasteiger charge is -2.29. The van der Waals surface area contributed by atoms with Gasteiger partial charge in [-0.3, -0.25) is 14.4 Å². The van der Waals surface area contributed by atoms with Gasteiger partial charge < -0.3 is 25.2 Å². The second kappa shape index (κ2) is 13.0. The van der Waals surface area contributed by atoms with Gasteiger partial charge in [-0.2, -0.15) is 0 Å². The zero-order chi connectivity index (χ0) is 29.7. The van der Waals surface area contributed by atoms with Gasteiger partial charge in [-0.15, -0.1) is 13.2 Å². The fourth-order valence-corrected chi connectivity index (χ4v) is 5.15. The van der Waals surface area contributed by atoms with E-state index in [9.17, 15) is 27.6 Å². The van der Waals surface area contributed by atoms with Crippen LogP contribution in [0.25, 0.3) is 0 Å². The van der Waals surface area contributed by atoms with Crippen LogP contribution in [0.4, 0.5) is 18.9 Å². The molecule has 0 radical (unpaired) electrons. The summed E-state index contributed by atoms with van der Waals surface area (Å²) in [5, 5.41) is 5.55. The van der Waals surface area contributed by atoms with Gasteiger partial charge in [0.05, 0.1) is 6.04 Å². The van der Waals surface area contributed by atoms with Crippen LogP contribution in [0.2, 0.25) is 0 Å². The van der Waals surface area contributed by atoms with Crippen LogP contribution in [0.3, 0.4) is 0 Å². The normalized spacial score (nSPS) is 17.7. The van der Waals surface area contributed by atoms with E-state index in [1.807, 2.05) is 57.1 Å². The Balaban J connectivity index is 1.67. The third-order valence-corrected chi connectivity index (χ3v) is 6.93. The maximum absolute atomic E-state index is 13.4. The Morgan fingerprint density at radius 2 is 1.68 bits per heavy atom. The van der Waals surface area contributed by atoms with E-state index in [1.165, 1.54) is 17.0 Å². The quantitative estimate of drug-likeness (QED) is 0.368. The summed E-state index contributed by atoms with van der Waals surface area (Å²) in [7, 11) is 3.92. The monoisotopic (exact) mass is 626 g/mol. The molecule has 2 aromatic rings. The van der Waals surface area contributed by atoms with Crippen molar-refractivity contribution < 1.29 is 32.3 Å². The van der Waals surface area contributed by atoms with Gasteiger partial charge in [-0.1, -0.05) is 41.9 Å². The first-order chi connectivity index (χ1) is 18.6. The van der Waals surface area contributed by atoms with Crippen LogP contribution in [-0.2, 0) is 14.4 Å². The number of rotatable bonds is 11. The van der Waals surface area contributed by atoms with Crippen molar-refractivity contribution in [3.63, 3.8) is 0 Å². The van der Waals surface area contributed by atoms with E-state index in [-0.39, 0.29) is 35.9 Å². The molecular weight excluding hydrogens is 593 g/mol. The minimum atomic E-state index is -4.82. The van der Waals surface area contributed by atoms with Crippen LogP contribution in [0.1, 0.15) is 38.3 Å². The summed E-state index contributed by atoms with van der Waals surface area (Å²) in [6, 6.07) is 11.8. The summed E-state index contributed by atoms with van der Waals surface area (Å²) in [4.78, 5) is 42.7. The summed E-state index contributed by atoms with van der Waals surface area (Å²) in [5.41, 5.74) is 0.947. The topological polar surface area (TPSA) is 91.0 Å². The molecule has 2 aromatic carbocycles. The SMILES string of the molecule is CN(C)CC(C)(C)CNC(=O)CN1C(=O)[C@@H](CC(=O)Nc2ccc(OC(F)(F)F)cc2)C[C@@H]1c1ccc(Br)cc1. The number of nitrogens with zero attached hydrogens (tertiary/aromatic N) is 2. The van der Waals surface area contributed by atoms with Gasteiger partial charge in [0.15, 0.2) is 0 Å². The molecule has 218 valence electrons. The predicted octanol–water partition coefficient (Wildman–Crippen LogP) is 4.97. The number of amides is 3. The van der Waals surface area contributed by atoms with Gasteiger partial charge in [0.25, 0.3) is 0 Å². The summed E-state index contributed by atoms with van der Waals surface area (Å²) in [6.07, 6.45) is -4.61. The Morgan fingerprint density at radius 3 is 2.25 bits per heavy atom. The first kappa shape index (κ1) is 31.4. The first-order valence-corrected chi connectivity index (χ1v) is 13.5. The van der Waals surface area contributed by atoms with Crippen LogP contribution in [0.15, 0.2) is 53.0 Å². The van der Waals surface area contributed by atoms with E-state index in [2.05, 4.69) is 31.3 Å². The Morgan fingerprint density at radius 1 is 1.05 bits per heavy atom. The van der Waals surface area contributed by atoms with E-state index in [0.717, 1.165) is 28.7 Å². The minimum absolute atomic E-state index is 0.138. The summed E-state index contributed by atoms with van der Waals surface area (Å²) in [6.45, 7) is 5.16. The van der Waals surface area contributed by atoms with Gasteiger partial charge in [0, 0.05) is 35.6 Å². The molecular formula is C28H34BrF3N4O4. The van der Waals surface area contributed by atoms with E-state index in [4.69, 9.17) is 0 Å². The number of carbonyl (C=O) groups excluding carboxylic acids is 3. The van der Waals surface area contributed by atoms with Gasteiger partial charge in [-0.25, -0.2) is 0 Å². The molecule has 1 heterocycles. The van der Waals surface area contributed by atoms with Crippen LogP contribution in [-0.4, -0.2) is 67.6 Å². The third kappa shape index (κ3) is 9.51. The molecule has 1 aliphatic rings. The van der Waals surface area contributed by atoms with Crippen molar-refractivity contribution in [2.75, 3.05) is 39.0 Å². The average Bonchev–Trinajstić information content (AvgIpc) is 3.12. The summed E-state index contributed by atoms with van der Waals surface area (Å²) < 4.78 is 41.9. The van der Waals surface area contributed by atoms with Crippen molar-refractivity contribution in [1.29, 1.82) is 0 Å². The lowest BCUT2D eigenvalue weighted by molar-refractivity contribution is -0.274. The molecule has 12 heteroatoms. The van der Waals surface area contributed by atoms with Crippen LogP contribution in [0, 0.1) is 11.3 Å². The zero-order valence-electron chi connectivity index (χ0n) is 22.8. The van der Waals surface area contributed by atoms with Crippen molar-refractivity contribution in [2.24, 2.45) is 11.3 Å². The van der Waals surface area contributed by atoms with E-state index in [1.54, 1.807) is 0 Å². The number of alkyl halides is 3. The highest BCUT2D eigenvalue weighted by Gasteiger charge is 2.42. The molecule has 0 bridgehead atoms. The lowest BCUT2D eigenvalue weighted by Crippen LogP contribution is -2.44. The molecule has 1 saturated heterocycles. The summed E-state index contributed by atoms with van der Waals surface area (Å²) >= 11 is 3.41. The number of ether oxygens (including phenoxy) is 1. The number of hydrogen-bond donors (Lipinski definition) is 2. The Hall–Kier alpha value is -3.12. The number of hydrogen-bond acceptors (Lipinski definition) is 5. The van der Waals surface area contributed by atoms with Crippen molar-refractivity contribution in [1.82, 2.24) is 15.1 Å². The minimum Gasteiger partial charge on any atom is -0.406 e. The number of halogens is 4. The van der Waals surface area contributed by atoms with Crippen molar-refractivity contribution in [3.05, 3.63) is 58.6 Å². The molecule has 0 aliphatic carbocycles. The highest BCUT2D eigenvalue weighted by Crippen LogP contribution is 2.38. The van der Waals surface area contributed by atoms with Gasteiger partial charge in [0.2, 0.25) is 17.7 Å². The first-order valence-electron chi connectivity index (χ1n) is 12.7. The van der Waals surface area contributed by atoms with Crippen LogP contribution in [0.5, 0.6) is 5.75 Å². The second-order valence-electron chi connectivity index (χ2n) is 11.0. The van der Waals surface area contributed by atoms with E-state index < -0.39 is 30.0 Å². The molecule has 3 amide bonds. The second-order valence-corrected chi connectivity index (χ2v) is 11.9. The lowest BCUT2D eigenvalue weighted by atomic mass is 9.93. The van der Waals surface area contributed by atoms with Gasteiger partial charge in [-0.05, 0) is 67.9 Å². The molecule has 1 fully saturated rings. The fraction of sp³-hybridized carbons (Fsp3) is 0.464. The third-order valence-electron chi connectivity index (χ3n) is 6.40. The molecule has 0 aromatic heterocycles. The van der Waals surface area contributed by atoms with Crippen molar-refractivity contribution in [3.8, 4) is 5.75 Å². The van der Waals surface area contributed by atoms with Crippen LogP contribution < -0.4 is 15.4 Å².